The predicted molar refractivity (Wildman–Crippen MR) is 81.7 cm³/mol. The average molecular weight is 292 g/mol. The van der Waals surface area contributed by atoms with Crippen LogP contribution in [0.5, 0.6) is 11.5 Å². The van der Waals surface area contributed by atoms with E-state index in [-0.39, 0.29) is 24.0 Å². The van der Waals surface area contributed by atoms with Crippen molar-refractivity contribution in [1.29, 1.82) is 0 Å². The molecule has 1 aliphatic heterocycles. The Morgan fingerprint density at radius 1 is 1.24 bits per heavy atom. The van der Waals surface area contributed by atoms with E-state index in [2.05, 4.69) is 10.6 Å². The Bertz CT molecular complexity index is 509. The maximum atomic E-state index is 11.8. The summed E-state index contributed by atoms with van der Waals surface area (Å²) in [6.07, 6.45) is 0. The van der Waals surface area contributed by atoms with E-state index in [1.807, 2.05) is 45.9 Å². The van der Waals surface area contributed by atoms with Gasteiger partial charge in [0.15, 0.2) is 11.5 Å². The number of amides is 1. The highest BCUT2D eigenvalue weighted by atomic mass is 16.6. The van der Waals surface area contributed by atoms with E-state index in [4.69, 9.17) is 9.47 Å². The van der Waals surface area contributed by atoms with Crippen LogP contribution in [0, 0.1) is 0 Å². The van der Waals surface area contributed by atoms with E-state index in [0.29, 0.717) is 13.2 Å². The third kappa shape index (κ3) is 4.63. The molecule has 0 bridgehead atoms. The topological polar surface area (TPSA) is 59.6 Å². The molecule has 5 nitrogen and oxygen atoms in total. The van der Waals surface area contributed by atoms with Crippen molar-refractivity contribution in [2.24, 2.45) is 0 Å². The number of carbonyl (C=O) groups is 1. The smallest absolute Gasteiger partial charge is 0.234 e. The fourth-order valence-electron chi connectivity index (χ4n) is 2.16. The first kappa shape index (κ1) is 15.6. The summed E-state index contributed by atoms with van der Waals surface area (Å²) in [5.41, 5.74) is 0.863. The number of benzene rings is 1. The number of fused-ring (bicyclic) bond motifs is 1. The molecule has 116 valence electrons. The van der Waals surface area contributed by atoms with Crippen LogP contribution in [-0.4, -0.2) is 31.2 Å². The zero-order chi connectivity index (χ0) is 15.5. The molecular weight excluding hydrogens is 268 g/mol. The molecule has 1 amide bonds. The highest BCUT2D eigenvalue weighted by Crippen LogP contribution is 2.32. The predicted octanol–water partition coefficient (Wildman–Crippen LogP) is 2.02. The fourth-order valence-corrected chi connectivity index (χ4v) is 2.16. The van der Waals surface area contributed by atoms with Crippen molar-refractivity contribution in [2.75, 3.05) is 19.8 Å². The molecule has 0 fully saturated rings. The Balaban J connectivity index is 1.91. The zero-order valence-corrected chi connectivity index (χ0v) is 13.2. The van der Waals surface area contributed by atoms with Crippen molar-refractivity contribution in [1.82, 2.24) is 10.6 Å². The Labute approximate surface area is 126 Å². The standard InChI is InChI=1S/C16H24N2O3/c1-11(17-10-15(19)18-16(2,3)4)12-5-6-13-14(9-12)21-8-7-20-13/h5-6,9,11,17H,7-8,10H2,1-4H3,(H,18,19). The summed E-state index contributed by atoms with van der Waals surface area (Å²) in [5, 5.41) is 6.15. The largest absolute Gasteiger partial charge is 0.486 e. The molecule has 0 saturated carbocycles. The third-order valence-electron chi connectivity index (χ3n) is 3.15. The number of carbonyl (C=O) groups excluding carboxylic acids is 1. The number of hydrogen-bond donors (Lipinski definition) is 2. The molecule has 1 unspecified atom stereocenters. The van der Waals surface area contributed by atoms with Gasteiger partial charge in [-0.2, -0.15) is 0 Å². The Morgan fingerprint density at radius 3 is 2.57 bits per heavy atom. The third-order valence-corrected chi connectivity index (χ3v) is 3.15. The minimum absolute atomic E-state index is 0.00751. The molecule has 1 aliphatic rings. The molecule has 5 heteroatoms. The molecule has 1 aromatic carbocycles. The van der Waals surface area contributed by atoms with Crippen molar-refractivity contribution < 1.29 is 14.3 Å². The van der Waals surface area contributed by atoms with Crippen molar-refractivity contribution in [3.8, 4) is 11.5 Å². The molecule has 1 aromatic rings. The summed E-state index contributed by atoms with van der Waals surface area (Å²) in [4.78, 5) is 11.8. The van der Waals surface area contributed by atoms with Gasteiger partial charge in [0, 0.05) is 11.6 Å². The van der Waals surface area contributed by atoms with Crippen molar-refractivity contribution in [2.45, 2.75) is 39.3 Å². The molecule has 1 heterocycles. The van der Waals surface area contributed by atoms with Crippen LogP contribution in [0.15, 0.2) is 18.2 Å². The molecular formula is C16H24N2O3. The minimum atomic E-state index is -0.209. The van der Waals surface area contributed by atoms with Gasteiger partial charge in [0.2, 0.25) is 5.91 Å². The number of nitrogens with one attached hydrogen (secondary N) is 2. The van der Waals surface area contributed by atoms with Crippen LogP contribution in [0.1, 0.15) is 39.3 Å². The first-order valence-corrected chi connectivity index (χ1v) is 7.29. The second kappa shape index (κ2) is 6.35. The maximum Gasteiger partial charge on any atom is 0.234 e. The summed E-state index contributed by atoms with van der Waals surface area (Å²) in [6, 6.07) is 5.93. The molecule has 21 heavy (non-hydrogen) atoms. The number of rotatable bonds is 4. The molecule has 0 spiro atoms. The first-order valence-electron chi connectivity index (χ1n) is 7.29. The molecule has 2 N–H and O–H groups in total. The monoisotopic (exact) mass is 292 g/mol. The summed E-state index contributed by atoms with van der Waals surface area (Å²) in [7, 11) is 0. The van der Waals surface area contributed by atoms with Gasteiger partial charge in [-0.3, -0.25) is 4.79 Å². The second-order valence-electron chi connectivity index (χ2n) is 6.30. The van der Waals surface area contributed by atoms with Crippen molar-refractivity contribution >= 4 is 5.91 Å². The number of ether oxygens (including phenoxy) is 2. The molecule has 0 saturated heterocycles. The Kier molecular flexibility index (Phi) is 4.73. The summed E-state index contributed by atoms with van der Waals surface area (Å²) < 4.78 is 11.1. The van der Waals surface area contributed by atoms with Crippen LogP contribution in [0.25, 0.3) is 0 Å². The zero-order valence-electron chi connectivity index (χ0n) is 13.2. The average Bonchev–Trinajstić information content (AvgIpc) is 2.42. The van der Waals surface area contributed by atoms with Crippen LogP contribution < -0.4 is 20.1 Å². The van der Waals surface area contributed by atoms with E-state index in [0.717, 1.165) is 17.1 Å². The van der Waals surface area contributed by atoms with Gasteiger partial charge in [-0.1, -0.05) is 6.07 Å². The lowest BCUT2D eigenvalue weighted by atomic mass is 10.1. The van der Waals surface area contributed by atoms with Crippen LogP contribution in [0.4, 0.5) is 0 Å². The molecule has 0 radical (unpaired) electrons. The SMILES string of the molecule is CC(NCC(=O)NC(C)(C)C)c1ccc2c(c1)OCCO2. The van der Waals surface area contributed by atoms with E-state index in [1.54, 1.807) is 0 Å². The quantitative estimate of drug-likeness (QED) is 0.891. The van der Waals surface area contributed by atoms with E-state index in [9.17, 15) is 4.79 Å². The van der Waals surface area contributed by atoms with Gasteiger partial charge in [-0.15, -0.1) is 0 Å². The minimum Gasteiger partial charge on any atom is -0.486 e. The van der Waals surface area contributed by atoms with Crippen molar-refractivity contribution in [3.63, 3.8) is 0 Å². The summed E-state index contributed by atoms with van der Waals surface area (Å²) >= 11 is 0. The molecule has 0 aromatic heterocycles. The molecule has 0 aliphatic carbocycles. The second-order valence-corrected chi connectivity index (χ2v) is 6.30. The number of hydrogen-bond acceptors (Lipinski definition) is 4. The van der Waals surface area contributed by atoms with Gasteiger partial charge in [0.25, 0.3) is 0 Å². The Hall–Kier alpha value is -1.75. The van der Waals surface area contributed by atoms with Gasteiger partial charge < -0.3 is 20.1 Å². The van der Waals surface area contributed by atoms with E-state index >= 15 is 0 Å². The summed E-state index contributed by atoms with van der Waals surface area (Å²) in [5.74, 6) is 1.54. The van der Waals surface area contributed by atoms with Crippen LogP contribution in [-0.2, 0) is 4.79 Å². The van der Waals surface area contributed by atoms with Gasteiger partial charge >= 0.3 is 0 Å². The van der Waals surface area contributed by atoms with Crippen LogP contribution >= 0.6 is 0 Å². The molecule has 2 rings (SSSR count). The van der Waals surface area contributed by atoms with Gasteiger partial charge in [0.05, 0.1) is 6.54 Å². The van der Waals surface area contributed by atoms with Gasteiger partial charge in [-0.25, -0.2) is 0 Å². The highest BCUT2D eigenvalue weighted by Gasteiger charge is 2.16. The Morgan fingerprint density at radius 2 is 1.90 bits per heavy atom. The normalized spacial score (nSPS) is 15.4. The van der Waals surface area contributed by atoms with E-state index < -0.39 is 0 Å². The fraction of sp³-hybridized carbons (Fsp3) is 0.562. The molecule has 1 atom stereocenters. The lowest BCUT2D eigenvalue weighted by molar-refractivity contribution is -0.121. The lowest BCUT2D eigenvalue weighted by Crippen LogP contribution is -2.45. The van der Waals surface area contributed by atoms with Crippen molar-refractivity contribution in [3.05, 3.63) is 23.8 Å². The highest BCUT2D eigenvalue weighted by molar-refractivity contribution is 5.78. The van der Waals surface area contributed by atoms with Crippen LogP contribution in [0.3, 0.4) is 0 Å². The van der Waals surface area contributed by atoms with Gasteiger partial charge in [0.1, 0.15) is 13.2 Å². The summed E-state index contributed by atoms with van der Waals surface area (Å²) in [6.45, 7) is 9.38. The van der Waals surface area contributed by atoms with E-state index in [1.165, 1.54) is 0 Å². The van der Waals surface area contributed by atoms with Gasteiger partial charge in [-0.05, 0) is 45.4 Å². The maximum absolute atomic E-state index is 11.8. The van der Waals surface area contributed by atoms with Crippen LogP contribution in [0.2, 0.25) is 0 Å². The lowest BCUT2D eigenvalue weighted by Gasteiger charge is -2.23. The first-order chi connectivity index (χ1) is 9.85.